The lowest BCUT2D eigenvalue weighted by molar-refractivity contribution is -0.137. The largest absolute Gasteiger partial charge is 0.416 e. The summed E-state index contributed by atoms with van der Waals surface area (Å²) in [6.07, 6.45) is -1.97. The summed E-state index contributed by atoms with van der Waals surface area (Å²) in [6, 6.07) is 9.85. The average Bonchev–Trinajstić information content (AvgIpc) is 3.09. The van der Waals surface area contributed by atoms with Crippen LogP contribution in [0.15, 0.2) is 66.1 Å². The van der Waals surface area contributed by atoms with Crippen LogP contribution in [0.25, 0.3) is 0 Å². The quantitative estimate of drug-likeness (QED) is 0.656. The van der Waals surface area contributed by atoms with E-state index in [0.29, 0.717) is 0 Å². The molecule has 0 saturated heterocycles. The first-order valence-electron chi connectivity index (χ1n) is 8.15. The van der Waals surface area contributed by atoms with Crippen LogP contribution in [0.5, 0.6) is 0 Å². The Morgan fingerprint density at radius 2 is 1.83 bits per heavy atom. The molecule has 1 amide bonds. The smallest absolute Gasteiger partial charge is 0.339 e. The molecule has 0 atom stereocenters. The normalized spacial score (nSPS) is 11.9. The second kappa shape index (κ2) is 7.59. The molecule has 3 aromatic rings. The minimum absolute atomic E-state index is 0.0392. The Morgan fingerprint density at radius 3 is 2.48 bits per heavy atom. The molecule has 2 aromatic carbocycles. The summed E-state index contributed by atoms with van der Waals surface area (Å²) in [5.74, 6) is -0.774. The summed E-state index contributed by atoms with van der Waals surface area (Å²) >= 11 is 0. The lowest BCUT2D eigenvalue weighted by Crippen LogP contribution is -2.19. The fraction of sp³-hybridized carbons (Fsp3) is 0.111. The zero-order chi connectivity index (χ0) is 21.2. The van der Waals surface area contributed by atoms with Crippen molar-refractivity contribution in [3.63, 3.8) is 0 Å². The van der Waals surface area contributed by atoms with Crippen LogP contribution in [0.1, 0.15) is 15.9 Å². The minimum Gasteiger partial charge on any atom is -0.339 e. The number of rotatable bonds is 5. The van der Waals surface area contributed by atoms with E-state index in [9.17, 15) is 26.4 Å². The zero-order valence-corrected chi connectivity index (χ0v) is 15.8. The van der Waals surface area contributed by atoms with E-state index in [1.807, 2.05) is 0 Å². The van der Waals surface area contributed by atoms with Crippen LogP contribution in [-0.4, -0.2) is 23.9 Å². The molecule has 0 bridgehead atoms. The second-order valence-corrected chi connectivity index (χ2v) is 7.69. The number of benzene rings is 2. The van der Waals surface area contributed by atoms with E-state index in [4.69, 9.17) is 0 Å². The number of halogens is 3. The van der Waals surface area contributed by atoms with Gasteiger partial charge in [-0.2, -0.15) is 21.6 Å². The number of nitrogens with one attached hydrogen (secondary N) is 2. The maximum absolute atomic E-state index is 12.8. The predicted octanol–water partition coefficient (Wildman–Crippen LogP) is 3.49. The highest BCUT2D eigenvalue weighted by atomic mass is 32.2. The fourth-order valence-corrected chi connectivity index (χ4v) is 3.53. The first-order valence-corrected chi connectivity index (χ1v) is 9.63. The van der Waals surface area contributed by atoms with E-state index in [2.05, 4.69) is 15.0 Å². The van der Waals surface area contributed by atoms with E-state index >= 15 is 0 Å². The third kappa shape index (κ3) is 4.74. The van der Waals surface area contributed by atoms with Crippen LogP contribution < -0.4 is 10.0 Å². The molecule has 29 heavy (non-hydrogen) atoms. The number of aryl methyl sites for hydroxylation is 1. The van der Waals surface area contributed by atoms with Crippen molar-refractivity contribution in [3.05, 3.63) is 72.2 Å². The number of imidazole rings is 1. The lowest BCUT2D eigenvalue weighted by atomic mass is 10.1. The summed E-state index contributed by atoms with van der Waals surface area (Å²) in [5.41, 5.74) is -1.10. The SMILES string of the molecule is Cn1cnc(S(=O)(=O)Nc2ccccc2C(=O)Nc2cccc(C(F)(F)F)c2)c1. The van der Waals surface area contributed by atoms with Gasteiger partial charge < -0.3 is 9.88 Å². The highest BCUT2D eigenvalue weighted by Gasteiger charge is 2.30. The van der Waals surface area contributed by atoms with Gasteiger partial charge in [0.1, 0.15) is 0 Å². The highest BCUT2D eigenvalue weighted by molar-refractivity contribution is 7.92. The number of nitrogens with zero attached hydrogens (tertiary/aromatic N) is 2. The molecule has 7 nitrogen and oxygen atoms in total. The maximum Gasteiger partial charge on any atom is 0.416 e. The first kappa shape index (κ1) is 20.4. The molecule has 0 aliphatic carbocycles. The van der Waals surface area contributed by atoms with E-state index in [1.165, 1.54) is 47.4 Å². The van der Waals surface area contributed by atoms with E-state index in [-0.39, 0.29) is 22.0 Å². The van der Waals surface area contributed by atoms with Crippen molar-refractivity contribution in [2.45, 2.75) is 11.2 Å². The second-order valence-electron chi connectivity index (χ2n) is 6.06. The lowest BCUT2D eigenvalue weighted by Gasteiger charge is -2.13. The molecule has 1 heterocycles. The third-order valence-corrected chi connectivity index (χ3v) is 5.07. The number of amides is 1. The van der Waals surface area contributed by atoms with E-state index < -0.39 is 27.7 Å². The molecule has 0 spiro atoms. The van der Waals surface area contributed by atoms with Gasteiger partial charge in [0.2, 0.25) is 0 Å². The molecular formula is C18H15F3N4O3S. The summed E-state index contributed by atoms with van der Waals surface area (Å²) in [7, 11) is -2.46. The van der Waals surface area contributed by atoms with Crippen LogP contribution in [-0.2, 0) is 23.2 Å². The van der Waals surface area contributed by atoms with Gasteiger partial charge in [0.25, 0.3) is 15.9 Å². The van der Waals surface area contributed by atoms with Gasteiger partial charge in [-0.15, -0.1) is 0 Å². The molecule has 152 valence electrons. The third-order valence-electron chi connectivity index (χ3n) is 3.82. The molecule has 0 unspecified atom stereocenters. The Labute approximate surface area is 164 Å². The van der Waals surface area contributed by atoms with Crippen molar-refractivity contribution in [2.24, 2.45) is 7.05 Å². The summed E-state index contributed by atoms with van der Waals surface area (Å²) in [4.78, 5) is 16.3. The van der Waals surface area contributed by atoms with Gasteiger partial charge in [0.15, 0.2) is 5.03 Å². The Bertz CT molecular complexity index is 1160. The number of carbonyl (C=O) groups is 1. The van der Waals surface area contributed by atoms with Gasteiger partial charge in [-0.3, -0.25) is 9.52 Å². The summed E-state index contributed by atoms with van der Waals surface area (Å²) in [6.45, 7) is 0. The molecule has 1 aromatic heterocycles. The Balaban J connectivity index is 1.86. The van der Waals surface area contributed by atoms with Gasteiger partial charge in [-0.05, 0) is 30.3 Å². The predicted molar refractivity (Wildman–Crippen MR) is 99.9 cm³/mol. The fourth-order valence-electron chi connectivity index (χ4n) is 2.47. The number of carbonyl (C=O) groups excluding carboxylic acids is 1. The molecule has 0 aliphatic rings. The molecule has 0 saturated carbocycles. The topological polar surface area (TPSA) is 93.1 Å². The van der Waals surface area contributed by atoms with Gasteiger partial charge in [-0.1, -0.05) is 18.2 Å². The van der Waals surface area contributed by atoms with Gasteiger partial charge in [-0.25, -0.2) is 4.98 Å². The van der Waals surface area contributed by atoms with Crippen molar-refractivity contribution in [3.8, 4) is 0 Å². The van der Waals surface area contributed by atoms with Crippen LogP contribution >= 0.6 is 0 Å². The van der Waals surface area contributed by atoms with Crippen LogP contribution in [0.3, 0.4) is 0 Å². The van der Waals surface area contributed by atoms with Crippen molar-refractivity contribution in [2.75, 3.05) is 10.0 Å². The van der Waals surface area contributed by atoms with E-state index in [0.717, 1.165) is 18.2 Å². The average molecular weight is 424 g/mol. The van der Waals surface area contributed by atoms with Gasteiger partial charge in [0, 0.05) is 18.9 Å². The summed E-state index contributed by atoms with van der Waals surface area (Å²) < 4.78 is 67.2. The standard InChI is InChI=1S/C18H15F3N4O3S/c1-25-10-16(22-11-25)29(27,28)24-15-8-3-2-7-14(15)17(26)23-13-6-4-5-12(9-13)18(19,20)21/h2-11,24H,1H3,(H,23,26). The minimum atomic E-state index is -4.56. The van der Waals surface area contributed by atoms with Crippen molar-refractivity contribution in [1.82, 2.24) is 9.55 Å². The van der Waals surface area contributed by atoms with Crippen LogP contribution in [0.2, 0.25) is 0 Å². The maximum atomic E-state index is 12.8. The number of hydrogen-bond acceptors (Lipinski definition) is 4. The molecular weight excluding hydrogens is 409 g/mol. The van der Waals surface area contributed by atoms with Gasteiger partial charge >= 0.3 is 6.18 Å². The van der Waals surface area contributed by atoms with E-state index in [1.54, 1.807) is 7.05 Å². The number of alkyl halides is 3. The number of sulfonamides is 1. The molecule has 0 fully saturated rings. The zero-order valence-electron chi connectivity index (χ0n) is 14.9. The van der Waals surface area contributed by atoms with Crippen molar-refractivity contribution >= 4 is 27.3 Å². The monoisotopic (exact) mass is 424 g/mol. The number of aromatic nitrogens is 2. The highest BCUT2D eigenvalue weighted by Crippen LogP contribution is 2.31. The molecule has 0 radical (unpaired) electrons. The molecule has 3 rings (SSSR count). The summed E-state index contributed by atoms with van der Waals surface area (Å²) in [5, 5.41) is 2.10. The number of anilines is 2. The number of hydrogen-bond donors (Lipinski definition) is 2. The molecule has 11 heteroatoms. The van der Waals surface area contributed by atoms with Crippen LogP contribution in [0, 0.1) is 0 Å². The molecule has 2 N–H and O–H groups in total. The van der Waals surface area contributed by atoms with Gasteiger partial charge in [0.05, 0.1) is 23.1 Å². The van der Waals surface area contributed by atoms with Crippen LogP contribution in [0.4, 0.5) is 24.5 Å². The molecule has 0 aliphatic heterocycles. The van der Waals surface area contributed by atoms with Crippen molar-refractivity contribution < 1.29 is 26.4 Å². The Morgan fingerprint density at radius 1 is 1.10 bits per heavy atom. The first-order chi connectivity index (χ1) is 13.6. The Kier molecular flexibility index (Phi) is 5.33. The number of para-hydroxylation sites is 1. The Hall–Kier alpha value is -3.34. The van der Waals surface area contributed by atoms with Crippen molar-refractivity contribution in [1.29, 1.82) is 0 Å².